The zero-order valence-electron chi connectivity index (χ0n) is 12.5. The van der Waals surface area contributed by atoms with Crippen LogP contribution >= 0.6 is 0 Å². The van der Waals surface area contributed by atoms with Crippen LogP contribution in [0.1, 0.15) is 17.2 Å². The first-order valence-corrected chi connectivity index (χ1v) is 7.09. The Kier molecular flexibility index (Phi) is 5.27. The number of nitrogens with two attached hydrogens (primary N) is 1. The predicted octanol–water partition coefficient (Wildman–Crippen LogP) is 0.638. The van der Waals surface area contributed by atoms with Crippen molar-refractivity contribution in [2.75, 3.05) is 7.05 Å². The maximum Gasteiger partial charge on any atom is 0.319 e. The van der Waals surface area contributed by atoms with Crippen molar-refractivity contribution in [2.24, 2.45) is 5.73 Å². The van der Waals surface area contributed by atoms with E-state index in [1.807, 2.05) is 67.7 Å². The molecule has 0 saturated heterocycles. The van der Waals surface area contributed by atoms with Gasteiger partial charge in [-0.05, 0) is 0 Å². The molecule has 4 N–H and O–H groups in total. The molecule has 2 rings (SSSR count). The van der Waals surface area contributed by atoms with E-state index in [1.165, 1.54) is 0 Å². The number of hydrogen-bond acceptors (Lipinski definition) is 2. The highest BCUT2D eigenvalue weighted by atomic mass is 16.2. The molecule has 0 radical (unpaired) electrons. The minimum absolute atomic E-state index is 0.396. The molecule has 0 aromatic heterocycles. The minimum atomic E-state index is -0.835. The largest absolute Gasteiger partial charge is 0.351 e. The topological polar surface area (TPSA) is 76.6 Å². The summed E-state index contributed by atoms with van der Waals surface area (Å²) in [7, 11) is 1.92. The summed E-state index contributed by atoms with van der Waals surface area (Å²) in [6.07, 6.45) is 0. The lowest BCUT2D eigenvalue weighted by atomic mass is 10.0. The average Bonchev–Trinajstić information content (AvgIpc) is 2.48. The number of amides is 3. The van der Waals surface area contributed by atoms with Crippen molar-refractivity contribution < 1.29 is 14.5 Å². The quantitative estimate of drug-likeness (QED) is 0.757. The molecule has 0 aliphatic carbocycles. The van der Waals surface area contributed by atoms with Crippen LogP contribution < -0.4 is 16.0 Å². The van der Waals surface area contributed by atoms with Crippen molar-refractivity contribution in [3.63, 3.8) is 0 Å². The Morgan fingerprint density at radius 3 is 2.14 bits per heavy atom. The van der Waals surface area contributed by atoms with Gasteiger partial charge in [-0.1, -0.05) is 60.7 Å². The second kappa shape index (κ2) is 7.38. The highest BCUT2D eigenvalue weighted by Gasteiger charge is 2.29. The first-order chi connectivity index (χ1) is 10.6. The lowest BCUT2D eigenvalue weighted by Gasteiger charge is -2.24. The van der Waals surface area contributed by atoms with E-state index in [2.05, 4.69) is 5.32 Å². The number of carbonyl (C=O) groups excluding carboxylic acids is 2. The molecule has 0 fully saturated rings. The monoisotopic (exact) mass is 298 g/mol. The van der Waals surface area contributed by atoms with Crippen molar-refractivity contribution in [1.82, 2.24) is 5.32 Å². The van der Waals surface area contributed by atoms with Crippen LogP contribution in [0.2, 0.25) is 0 Å². The zero-order chi connectivity index (χ0) is 15.9. The fourth-order valence-corrected chi connectivity index (χ4v) is 2.52. The molecule has 1 unspecified atom stereocenters. The van der Waals surface area contributed by atoms with Crippen molar-refractivity contribution >= 4 is 11.9 Å². The second-order valence-corrected chi connectivity index (χ2v) is 5.21. The SMILES string of the molecule is C[NH+](Cc1ccccc1)[C@H](C(=O)NC(N)=O)c1ccccc1. The highest BCUT2D eigenvalue weighted by molar-refractivity contribution is 5.96. The average molecular weight is 298 g/mol. The van der Waals surface area contributed by atoms with Crippen LogP contribution in [0.5, 0.6) is 0 Å². The molecular formula is C17H20N3O2+. The third kappa shape index (κ3) is 4.17. The number of nitrogens with one attached hydrogen (secondary N) is 2. The maximum atomic E-state index is 12.4. The molecule has 0 aliphatic rings. The Labute approximate surface area is 129 Å². The van der Waals surface area contributed by atoms with Gasteiger partial charge in [0.05, 0.1) is 7.05 Å². The number of urea groups is 1. The first kappa shape index (κ1) is 15.7. The van der Waals surface area contributed by atoms with Crippen molar-refractivity contribution in [3.8, 4) is 0 Å². The van der Waals surface area contributed by atoms with Gasteiger partial charge in [-0.15, -0.1) is 0 Å². The van der Waals surface area contributed by atoms with Gasteiger partial charge in [-0.3, -0.25) is 10.1 Å². The zero-order valence-corrected chi connectivity index (χ0v) is 12.5. The van der Waals surface area contributed by atoms with Gasteiger partial charge >= 0.3 is 6.03 Å². The van der Waals surface area contributed by atoms with Gasteiger partial charge < -0.3 is 10.6 Å². The van der Waals surface area contributed by atoms with Crippen LogP contribution in [0.25, 0.3) is 0 Å². The molecule has 2 aromatic rings. The highest BCUT2D eigenvalue weighted by Crippen LogP contribution is 2.10. The molecule has 5 heteroatoms. The molecule has 0 saturated carbocycles. The van der Waals surface area contributed by atoms with Gasteiger partial charge in [0.25, 0.3) is 5.91 Å². The summed E-state index contributed by atoms with van der Waals surface area (Å²) in [5, 5.41) is 2.19. The fourth-order valence-electron chi connectivity index (χ4n) is 2.52. The number of primary amides is 1. The van der Waals surface area contributed by atoms with E-state index in [9.17, 15) is 9.59 Å². The van der Waals surface area contributed by atoms with Crippen molar-refractivity contribution in [1.29, 1.82) is 0 Å². The third-order valence-corrected chi connectivity index (χ3v) is 3.46. The van der Waals surface area contributed by atoms with Gasteiger partial charge in [0, 0.05) is 11.1 Å². The molecule has 0 aliphatic heterocycles. The number of carbonyl (C=O) groups is 2. The summed E-state index contributed by atoms with van der Waals surface area (Å²) in [6, 6.07) is 17.9. The molecule has 0 bridgehead atoms. The Balaban J connectivity index is 2.23. The summed E-state index contributed by atoms with van der Waals surface area (Å²) < 4.78 is 0. The molecule has 3 amide bonds. The van der Waals surface area contributed by atoms with E-state index in [0.29, 0.717) is 6.54 Å². The smallest absolute Gasteiger partial charge is 0.319 e. The summed E-state index contributed by atoms with van der Waals surface area (Å²) in [5.74, 6) is -0.396. The van der Waals surface area contributed by atoms with Gasteiger partial charge in [-0.2, -0.15) is 0 Å². The van der Waals surface area contributed by atoms with Crippen LogP contribution in [0, 0.1) is 0 Å². The van der Waals surface area contributed by atoms with Crippen molar-refractivity contribution in [2.45, 2.75) is 12.6 Å². The van der Waals surface area contributed by atoms with Gasteiger partial charge in [-0.25, -0.2) is 4.79 Å². The minimum Gasteiger partial charge on any atom is -0.351 e. The number of imide groups is 1. The van der Waals surface area contributed by atoms with Crippen LogP contribution in [0.15, 0.2) is 60.7 Å². The standard InChI is InChI=1S/C17H19N3O2/c1-20(12-13-8-4-2-5-9-13)15(16(21)19-17(18)22)14-10-6-3-7-11-14/h2-11,15H,12H2,1H3,(H3,18,19,21,22)/p+1/t15-/m0/s1. The lowest BCUT2D eigenvalue weighted by molar-refractivity contribution is -0.916. The van der Waals surface area contributed by atoms with Gasteiger partial charge in [0.15, 0.2) is 6.04 Å². The van der Waals surface area contributed by atoms with Gasteiger partial charge in [0.2, 0.25) is 0 Å². The van der Waals surface area contributed by atoms with Crippen LogP contribution in [0.4, 0.5) is 4.79 Å². The van der Waals surface area contributed by atoms with Crippen LogP contribution in [-0.4, -0.2) is 19.0 Å². The first-order valence-electron chi connectivity index (χ1n) is 7.09. The Hall–Kier alpha value is -2.66. The van der Waals surface area contributed by atoms with Crippen molar-refractivity contribution in [3.05, 3.63) is 71.8 Å². The predicted molar refractivity (Wildman–Crippen MR) is 83.9 cm³/mol. The van der Waals surface area contributed by atoms with E-state index >= 15 is 0 Å². The number of quaternary nitrogens is 1. The Bertz CT molecular complexity index is 629. The Morgan fingerprint density at radius 2 is 1.59 bits per heavy atom. The number of benzene rings is 2. The fraction of sp³-hybridized carbons (Fsp3) is 0.176. The normalized spacial score (nSPS) is 13.1. The number of rotatable bonds is 5. The van der Waals surface area contributed by atoms with Crippen LogP contribution in [0.3, 0.4) is 0 Å². The molecule has 0 heterocycles. The van der Waals surface area contributed by atoms with E-state index in [4.69, 9.17) is 5.73 Å². The van der Waals surface area contributed by atoms with Crippen LogP contribution in [-0.2, 0) is 11.3 Å². The lowest BCUT2D eigenvalue weighted by Crippen LogP contribution is -3.09. The summed E-state index contributed by atoms with van der Waals surface area (Å²) in [6.45, 7) is 0.659. The summed E-state index contributed by atoms with van der Waals surface area (Å²) in [5.41, 5.74) is 7.04. The number of likely N-dealkylation sites (N-methyl/N-ethyl adjacent to an activating group) is 1. The molecule has 114 valence electrons. The Morgan fingerprint density at radius 1 is 1.05 bits per heavy atom. The summed E-state index contributed by atoms with van der Waals surface area (Å²) in [4.78, 5) is 24.3. The molecule has 2 atom stereocenters. The summed E-state index contributed by atoms with van der Waals surface area (Å²) >= 11 is 0. The number of hydrogen-bond donors (Lipinski definition) is 3. The third-order valence-electron chi connectivity index (χ3n) is 3.46. The van der Waals surface area contributed by atoms with E-state index in [-0.39, 0.29) is 0 Å². The molecule has 5 nitrogen and oxygen atoms in total. The molecule has 0 spiro atoms. The van der Waals surface area contributed by atoms with E-state index in [0.717, 1.165) is 16.0 Å². The second-order valence-electron chi connectivity index (χ2n) is 5.21. The van der Waals surface area contributed by atoms with Gasteiger partial charge in [0.1, 0.15) is 6.54 Å². The maximum absolute atomic E-state index is 12.4. The molecular weight excluding hydrogens is 278 g/mol. The molecule has 22 heavy (non-hydrogen) atoms. The van der Waals surface area contributed by atoms with E-state index < -0.39 is 18.0 Å². The van der Waals surface area contributed by atoms with E-state index in [1.54, 1.807) is 0 Å². The molecule has 2 aromatic carbocycles.